The Morgan fingerprint density at radius 2 is 1.81 bits per heavy atom. The van der Waals surface area contributed by atoms with Gasteiger partial charge in [0.15, 0.2) is 0 Å². The molecular formula is C21H33N3O2. The van der Waals surface area contributed by atoms with E-state index in [9.17, 15) is 9.59 Å². The third-order valence-corrected chi connectivity index (χ3v) is 5.41. The highest BCUT2D eigenvalue weighted by molar-refractivity contribution is 5.97. The summed E-state index contributed by atoms with van der Waals surface area (Å²) >= 11 is 0. The van der Waals surface area contributed by atoms with Gasteiger partial charge in [0.25, 0.3) is 5.91 Å². The molecule has 1 aliphatic rings. The van der Waals surface area contributed by atoms with E-state index in [-0.39, 0.29) is 17.7 Å². The average molecular weight is 360 g/mol. The fourth-order valence-corrected chi connectivity index (χ4v) is 3.40. The molecule has 0 spiro atoms. The number of carbonyl (C=O) groups is 2. The maximum atomic E-state index is 13.1. The zero-order valence-corrected chi connectivity index (χ0v) is 16.3. The summed E-state index contributed by atoms with van der Waals surface area (Å²) in [7, 11) is 0. The molecule has 1 aliphatic heterocycles. The first kappa shape index (κ1) is 20.4. The summed E-state index contributed by atoms with van der Waals surface area (Å²) in [4.78, 5) is 27.6. The van der Waals surface area contributed by atoms with Gasteiger partial charge in [0.05, 0.1) is 0 Å². The van der Waals surface area contributed by atoms with Crippen LogP contribution in [0.3, 0.4) is 0 Å². The Labute approximate surface area is 157 Å². The highest BCUT2D eigenvalue weighted by Crippen LogP contribution is 2.20. The highest BCUT2D eigenvalue weighted by atomic mass is 16.2. The lowest BCUT2D eigenvalue weighted by atomic mass is 9.93. The molecule has 1 aromatic carbocycles. The Morgan fingerprint density at radius 1 is 1.15 bits per heavy atom. The minimum Gasteiger partial charge on any atom is -0.341 e. The first-order chi connectivity index (χ1) is 12.6. The number of nitrogens with one attached hydrogen (secondary N) is 2. The van der Waals surface area contributed by atoms with E-state index in [2.05, 4.69) is 24.5 Å². The van der Waals surface area contributed by atoms with Gasteiger partial charge in [0.1, 0.15) is 6.04 Å². The second-order valence-corrected chi connectivity index (χ2v) is 7.28. The number of rotatable bonds is 8. The van der Waals surface area contributed by atoms with Crippen LogP contribution >= 0.6 is 0 Å². The van der Waals surface area contributed by atoms with Crippen molar-refractivity contribution in [3.8, 4) is 0 Å². The van der Waals surface area contributed by atoms with E-state index in [1.54, 1.807) is 12.1 Å². The third kappa shape index (κ3) is 5.56. The Kier molecular flexibility index (Phi) is 8.10. The molecule has 5 nitrogen and oxygen atoms in total. The van der Waals surface area contributed by atoms with Crippen LogP contribution in [0.1, 0.15) is 50.4 Å². The number of amides is 2. The molecule has 1 saturated heterocycles. The average Bonchev–Trinajstić information content (AvgIpc) is 2.70. The molecule has 26 heavy (non-hydrogen) atoms. The lowest BCUT2D eigenvalue weighted by Crippen LogP contribution is -2.53. The van der Waals surface area contributed by atoms with Gasteiger partial charge in [-0.05, 0) is 49.9 Å². The van der Waals surface area contributed by atoms with Crippen molar-refractivity contribution in [3.05, 3.63) is 35.9 Å². The van der Waals surface area contributed by atoms with Crippen LogP contribution in [0, 0.1) is 11.8 Å². The molecule has 144 valence electrons. The van der Waals surface area contributed by atoms with E-state index in [0.29, 0.717) is 11.5 Å². The Bertz CT molecular complexity index is 568. The van der Waals surface area contributed by atoms with E-state index in [4.69, 9.17) is 0 Å². The zero-order valence-electron chi connectivity index (χ0n) is 16.3. The molecule has 0 saturated carbocycles. The maximum Gasteiger partial charge on any atom is 0.251 e. The van der Waals surface area contributed by atoms with Crippen LogP contribution in [0.15, 0.2) is 30.3 Å². The summed E-state index contributed by atoms with van der Waals surface area (Å²) in [5, 5.41) is 6.38. The SMILES string of the molecule is CCNCC1CCN(C(=O)C(NC(=O)c2ccccc2)C(C)CC)CC1. The fraction of sp³-hybridized carbons (Fsp3) is 0.619. The molecule has 0 aliphatic carbocycles. The van der Waals surface area contributed by atoms with Crippen molar-refractivity contribution in [1.82, 2.24) is 15.5 Å². The van der Waals surface area contributed by atoms with Gasteiger partial charge in [-0.15, -0.1) is 0 Å². The lowest BCUT2D eigenvalue weighted by Gasteiger charge is -2.36. The Hall–Kier alpha value is -1.88. The molecule has 0 aromatic heterocycles. The second kappa shape index (κ2) is 10.3. The molecule has 5 heteroatoms. The third-order valence-electron chi connectivity index (χ3n) is 5.41. The number of piperidine rings is 1. The number of likely N-dealkylation sites (tertiary alicyclic amines) is 1. The van der Waals surface area contributed by atoms with Gasteiger partial charge >= 0.3 is 0 Å². The predicted molar refractivity (Wildman–Crippen MR) is 105 cm³/mol. The number of hydrogen-bond donors (Lipinski definition) is 2. The monoisotopic (exact) mass is 359 g/mol. The van der Waals surface area contributed by atoms with Gasteiger partial charge in [0.2, 0.25) is 5.91 Å². The van der Waals surface area contributed by atoms with Crippen LogP contribution in [0.2, 0.25) is 0 Å². The van der Waals surface area contributed by atoms with Crippen molar-refractivity contribution >= 4 is 11.8 Å². The van der Waals surface area contributed by atoms with Crippen LogP contribution in [-0.2, 0) is 4.79 Å². The zero-order chi connectivity index (χ0) is 18.9. The molecule has 2 unspecified atom stereocenters. The fourth-order valence-electron chi connectivity index (χ4n) is 3.40. The number of carbonyl (C=O) groups excluding carboxylic acids is 2. The van der Waals surface area contributed by atoms with Crippen molar-refractivity contribution in [2.45, 2.75) is 46.1 Å². The predicted octanol–water partition coefficient (Wildman–Crippen LogP) is 2.68. The highest BCUT2D eigenvalue weighted by Gasteiger charge is 2.32. The van der Waals surface area contributed by atoms with Gasteiger partial charge in [-0.3, -0.25) is 9.59 Å². The van der Waals surface area contributed by atoms with Crippen LogP contribution in [-0.4, -0.2) is 48.9 Å². The Balaban J connectivity index is 1.98. The van der Waals surface area contributed by atoms with E-state index < -0.39 is 6.04 Å². The largest absolute Gasteiger partial charge is 0.341 e. The van der Waals surface area contributed by atoms with Gasteiger partial charge < -0.3 is 15.5 Å². The van der Waals surface area contributed by atoms with Crippen LogP contribution in [0.25, 0.3) is 0 Å². The number of hydrogen-bond acceptors (Lipinski definition) is 3. The Morgan fingerprint density at radius 3 is 2.38 bits per heavy atom. The minimum atomic E-state index is -0.460. The van der Waals surface area contributed by atoms with Gasteiger partial charge in [-0.2, -0.15) is 0 Å². The topological polar surface area (TPSA) is 61.4 Å². The lowest BCUT2D eigenvalue weighted by molar-refractivity contribution is -0.135. The molecule has 0 bridgehead atoms. The smallest absolute Gasteiger partial charge is 0.251 e. The van der Waals surface area contributed by atoms with Crippen LogP contribution in [0.5, 0.6) is 0 Å². The van der Waals surface area contributed by atoms with Crippen molar-refractivity contribution in [2.24, 2.45) is 11.8 Å². The van der Waals surface area contributed by atoms with E-state index in [0.717, 1.165) is 45.4 Å². The molecule has 1 fully saturated rings. The van der Waals surface area contributed by atoms with Gasteiger partial charge in [-0.25, -0.2) is 0 Å². The van der Waals surface area contributed by atoms with Crippen molar-refractivity contribution < 1.29 is 9.59 Å². The quantitative estimate of drug-likeness (QED) is 0.750. The summed E-state index contributed by atoms with van der Waals surface area (Å²) in [5.41, 5.74) is 0.595. The standard InChI is InChI=1S/C21H33N3O2/c1-4-16(3)19(23-20(25)18-9-7-6-8-10-18)21(26)24-13-11-17(12-14-24)15-22-5-2/h6-10,16-17,19,22H,4-5,11-15H2,1-3H3,(H,23,25). The van der Waals surface area contributed by atoms with Gasteiger partial charge in [-0.1, -0.05) is 45.4 Å². The van der Waals surface area contributed by atoms with E-state index >= 15 is 0 Å². The normalized spacial score (nSPS) is 17.6. The second-order valence-electron chi connectivity index (χ2n) is 7.28. The molecule has 1 aromatic rings. The molecule has 2 rings (SSSR count). The molecule has 1 heterocycles. The summed E-state index contributed by atoms with van der Waals surface area (Å²) in [6.07, 6.45) is 2.90. The summed E-state index contributed by atoms with van der Waals surface area (Å²) in [6.45, 7) is 9.78. The summed E-state index contributed by atoms with van der Waals surface area (Å²) in [6, 6.07) is 8.65. The summed E-state index contributed by atoms with van der Waals surface area (Å²) < 4.78 is 0. The van der Waals surface area contributed by atoms with Crippen molar-refractivity contribution in [2.75, 3.05) is 26.2 Å². The molecule has 2 N–H and O–H groups in total. The maximum absolute atomic E-state index is 13.1. The van der Waals surface area contributed by atoms with Crippen molar-refractivity contribution in [3.63, 3.8) is 0 Å². The first-order valence-electron chi connectivity index (χ1n) is 9.92. The van der Waals surface area contributed by atoms with E-state index in [1.807, 2.05) is 30.0 Å². The van der Waals surface area contributed by atoms with Crippen LogP contribution in [0.4, 0.5) is 0 Å². The van der Waals surface area contributed by atoms with E-state index in [1.165, 1.54) is 0 Å². The van der Waals surface area contributed by atoms with Gasteiger partial charge in [0, 0.05) is 18.7 Å². The number of nitrogens with zero attached hydrogens (tertiary/aromatic N) is 1. The summed E-state index contributed by atoms with van der Waals surface area (Å²) in [5.74, 6) is 0.631. The molecule has 2 atom stereocenters. The minimum absolute atomic E-state index is 0.0607. The van der Waals surface area contributed by atoms with Crippen molar-refractivity contribution in [1.29, 1.82) is 0 Å². The first-order valence-corrected chi connectivity index (χ1v) is 9.92. The molecule has 2 amide bonds. The molecular weight excluding hydrogens is 326 g/mol. The van der Waals surface area contributed by atoms with Crippen LogP contribution < -0.4 is 10.6 Å². The molecule has 0 radical (unpaired) electrons. The number of benzene rings is 1.